The first-order valence-electron chi connectivity index (χ1n) is 12.5. The van der Waals surface area contributed by atoms with E-state index in [0.717, 1.165) is 25.7 Å². The largest absolute Gasteiger partial charge is 0.481 e. The van der Waals surface area contributed by atoms with Crippen LogP contribution in [0.3, 0.4) is 0 Å². The minimum absolute atomic E-state index is 0.0444. The Kier molecular flexibility index (Phi) is 6.15. The van der Waals surface area contributed by atoms with Gasteiger partial charge in [0, 0.05) is 32.1 Å². The van der Waals surface area contributed by atoms with Gasteiger partial charge in [0.2, 0.25) is 0 Å². The summed E-state index contributed by atoms with van der Waals surface area (Å²) in [6.07, 6.45) is 4.34. The lowest BCUT2D eigenvalue weighted by molar-refractivity contribution is -0.202. The number of hydrogen-bond donors (Lipinski definition) is 1. The average molecular weight is 463 g/mol. The number of carbonyl (C=O) groups excluding carboxylic acids is 3. The maximum atomic E-state index is 13.7. The summed E-state index contributed by atoms with van der Waals surface area (Å²) in [5, 5.41) is 9.74. The molecule has 0 heterocycles. The lowest BCUT2D eigenvalue weighted by atomic mass is 9.43. The summed E-state index contributed by atoms with van der Waals surface area (Å²) in [6.45, 7) is 8.96. The molecule has 0 aromatic heterocycles. The van der Waals surface area contributed by atoms with Crippen molar-refractivity contribution in [3.8, 4) is 0 Å². The molecule has 1 N–H and O–H groups in total. The third-order valence-electron chi connectivity index (χ3n) is 10.1. The number of hydrogen-bond acceptors (Lipinski definition) is 6. The normalized spacial score (nSPS) is 45.2. The molecule has 7 heteroatoms. The number of carboxylic acids is 1. The molecule has 0 saturated heterocycles. The Balaban J connectivity index is 1.71. The third-order valence-corrected chi connectivity index (χ3v) is 10.1. The number of ether oxygens (including phenoxy) is 2. The van der Waals surface area contributed by atoms with Gasteiger partial charge in [-0.25, -0.2) is 0 Å². The van der Waals surface area contributed by atoms with Crippen LogP contribution >= 0.6 is 0 Å². The number of carboxylic acid groups (broad SMARTS) is 1. The second-order valence-corrected chi connectivity index (χ2v) is 11.7. The Morgan fingerprint density at radius 3 is 2.30 bits per heavy atom. The van der Waals surface area contributed by atoms with Crippen molar-refractivity contribution in [2.45, 2.75) is 91.8 Å². The van der Waals surface area contributed by atoms with Crippen LogP contribution in [0.2, 0.25) is 0 Å². The zero-order chi connectivity index (χ0) is 24.3. The fraction of sp³-hybridized carbons (Fsp3) is 0.846. The van der Waals surface area contributed by atoms with Crippen molar-refractivity contribution in [3.05, 3.63) is 0 Å². The Labute approximate surface area is 196 Å². The molecule has 4 aliphatic carbocycles. The molecule has 0 aromatic rings. The number of fused-ring (bicyclic) bond motifs is 5. The Morgan fingerprint density at radius 2 is 1.70 bits per heavy atom. The highest BCUT2D eigenvalue weighted by molar-refractivity contribution is 5.84. The molecule has 4 unspecified atom stereocenters. The summed E-state index contributed by atoms with van der Waals surface area (Å²) in [5.41, 5.74) is -0.542. The Hall–Kier alpha value is -1.92. The lowest BCUT2D eigenvalue weighted by Crippen LogP contribution is -2.63. The molecule has 0 aromatic carbocycles. The van der Waals surface area contributed by atoms with Gasteiger partial charge in [-0.05, 0) is 67.1 Å². The van der Waals surface area contributed by atoms with Crippen molar-refractivity contribution in [2.75, 3.05) is 0 Å². The van der Waals surface area contributed by atoms with Gasteiger partial charge in [-0.15, -0.1) is 0 Å². The monoisotopic (exact) mass is 462 g/mol. The van der Waals surface area contributed by atoms with Crippen LogP contribution in [0.25, 0.3) is 0 Å². The van der Waals surface area contributed by atoms with Crippen LogP contribution in [0.5, 0.6) is 0 Å². The Morgan fingerprint density at radius 1 is 1.03 bits per heavy atom. The van der Waals surface area contributed by atoms with Crippen LogP contribution in [0.4, 0.5) is 0 Å². The second-order valence-electron chi connectivity index (χ2n) is 11.7. The van der Waals surface area contributed by atoms with Crippen molar-refractivity contribution in [1.82, 2.24) is 0 Å². The van der Waals surface area contributed by atoms with E-state index >= 15 is 0 Å². The Bertz CT molecular complexity index is 852. The number of carbonyl (C=O) groups is 4. The number of Topliss-reactive ketones (excluding diaryl/α,β-unsaturated/α-hetero) is 1. The minimum atomic E-state index is -0.807. The quantitative estimate of drug-likeness (QED) is 0.629. The molecule has 0 bridgehead atoms. The number of ketones is 1. The molecule has 7 nitrogen and oxygen atoms in total. The highest BCUT2D eigenvalue weighted by atomic mass is 16.5. The molecular weight excluding hydrogens is 424 g/mol. The van der Waals surface area contributed by atoms with Gasteiger partial charge in [0.25, 0.3) is 0 Å². The molecule has 0 radical (unpaired) electrons. The highest BCUT2D eigenvalue weighted by Crippen LogP contribution is 2.68. The second kappa shape index (κ2) is 8.38. The first kappa shape index (κ1) is 24.2. The molecule has 4 fully saturated rings. The van der Waals surface area contributed by atoms with Crippen LogP contribution < -0.4 is 0 Å². The van der Waals surface area contributed by atoms with Gasteiger partial charge in [0.05, 0.1) is 5.92 Å². The smallest absolute Gasteiger partial charge is 0.306 e. The maximum absolute atomic E-state index is 13.7. The van der Waals surface area contributed by atoms with E-state index in [1.165, 1.54) is 13.8 Å². The maximum Gasteiger partial charge on any atom is 0.306 e. The van der Waals surface area contributed by atoms with E-state index in [9.17, 15) is 24.3 Å². The van der Waals surface area contributed by atoms with Crippen LogP contribution in [0, 0.1) is 46.3 Å². The molecule has 184 valence electrons. The molecule has 4 rings (SSSR count). The van der Waals surface area contributed by atoms with Crippen LogP contribution in [0.1, 0.15) is 79.6 Å². The summed E-state index contributed by atoms with van der Waals surface area (Å²) in [6, 6.07) is 0. The first-order chi connectivity index (χ1) is 15.4. The fourth-order valence-electron chi connectivity index (χ4n) is 8.67. The summed E-state index contributed by atoms with van der Waals surface area (Å²) < 4.78 is 11.5. The van der Waals surface area contributed by atoms with Gasteiger partial charge in [-0.2, -0.15) is 0 Å². The zero-order valence-corrected chi connectivity index (χ0v) is 20.5. The molecule has 0 spiro atoms. The molecule has 10 atom stereocenters. The van der Waals surface area contributed by atoms with Crippen molar-refractivity contribution in [3.63, 3.8) is 0 Å². The first-order valence-corrected chi connectivity index (χ1v) is 12.5. The van der Waals surface area contributed by atoms with Gasteiger partial charge >= 0.3 is 17.9 Å². The molecule has 0 amide bonds. The van der Waals surface area contributed by atoms with Gasteiger partial charge in [-0.3, -0.25) is 19.2 Å². The van der Waals surface area contributed by atoms with Gasteiger partial charge in [0.15, 0.2) is 0 Å². The van der Waals surface area contributed by atoms with Crippen molar-refractivity contribution in [2.24, 2.45) is 46.3 Å². The predicted molar refractivity (Wildman–Crippen MR) is 119 cm³/mol. The van der Waals surface area contributed by atoms with Crippen molar-refractivity contribution >= 4 is 23.7 Å². The van der Waals surface area contributed by atoms with Crippen LogP contribution in [-0.2, 0) is 28.7 Å². The van der Waals surface area contributed by atoms with Crippen molar-refractivity contribution in [1.29, 1.82) is 0 Å². The van der Waals surface area contributed by atoms with Gasteiger partial charge in [-0.1, -0.05) is 20.8 Å². The van der Waals surface area contributed by atoms with E-state index in [1.54, 1.807) is 6.92 Å². The lowest BCUT2D eigenvalue weighted by Gasteiger charge is -2.62. The number of aliphatic carboxylic acids is 1. The third kappa shape index (κ3) is 3.89. The molecular formula is C26H38O7. The van der Waals surface area contributed by atoms with E-state index in [0.29, 0.717) is 19.3 Å². The van der Waals surface area contributed by atoms with E-state index in [1.807, 2.05) is 0 Å². The van der Waals surface area contributed by atoms with E-state index in [-0.39, 0.29) is 64.2 Å². The van der Waals surface area contributed by atoms with E-state index in [2.05, 4.69) is 13.8 Å². The zero-order valence-electron chi connectivity index (χ0n) is 20.5. The van der Waals surface area contributed by atoms with E-state index < -0.39 is 18.0 Å². The predicted octanol–water partition coefficient (Wildman–Crippen LogP) is 4.02. The minimum Gasteiger partial charge on any atom is -0.481 e. The number of rotatable bonds is 4. The van der Waals surface area contributed by atoms with Gasteiger partial charge < -0.3 is 14.6 Å². The highest BCUT2D eigenvalue weighted by Gasteiger charge is 2.67. The standard InChI is InChI=1S/C26H38O7/c1-13(24(30)31)18-6-7-19-22-20(29)11-16-10-17(32-14(2)27)8-9-25(16,4)23(22)21(33-15(3)28)12-26(18,19)5/h13,16-19,21-23H,6-12H2,1-5H3,(H,30,31)/t13?,16?,17?,18-,19+,21?,22-,23+,25+,26-/m1/s1. The summed E-state index contributed by atoms with van der Waals surface area (Å²) >= 11 is 0. The van der Waals surface area contributed by atoms with Crippen LogP contribution in [0.15, 0.2) is 0 Å². The fourth-order valence-corrected chi connectivity index (χ4v) is 8.67. The summed E-state index contributed by atoms with van der Waals surface area (Å²) in [4.78, 5) is 49.3. The van der Waals surface area contributed by atoms with E-state index in [4.69, 9.17) is 9.47 Å². The average Bonchev–Trinajstić information content (AvgIpc) is 3.03. The van der Waals surface area contributed by atoms with Gasteiger partial charge in [0.1, 0.15) is 18.0 Å². The van der Waals surface area contributed by atoms with Crippen LogP contribution in [-0.4, -0.2) is 41.0 Å². The summed E-state index contributed by atoms with van der Waals surface area (Å²) in [5.74, 6) is -1.89. The molecule has 0 aliphatic heterocycles. The number of esters is 2. The van der Waals surface area contributed by atoms with Crippen molar-refractivity contribution < 1.29 is 33.8 Å². The SMILES string of the molecule is CC(=O)OC1CC[C@@]2(C)C(CC(=O)[C@H]3[C@@H]4CC[C@H](C(C)C(=O)O)[C@@]4(C)CC(OC(C)=O)[C@@H]32)C1. The topological polar surface area (TPSA) is 107 Å². The molecule has 33 heavy (non-hydrogen) atoms. The molecule has 4 saturated carbocycles. The summed E-state index contributed by atoms with van der Waals surface area (Å²) in [7, 11) is 0. The molecule has 4 aliphatic rings.